The number of nitrogens with two attached hydrogens (primary N) is 1. The normalized spacial score (nSPS) is 34.7. The molecule has 0 spiro atoms. The van der Waals surface area contributed by atoms with Crippen LogP contribution in [0.1, 0.15) is 34.1 Å². The molecule has 2 N–H and O–H groups in total. The zero-order valence-electron chi connectivity index (χ0n) is 17.7. The van der Waals surface area contributed by atoms with Crippen molar-refractivity contribution in [1.82, 2.24) is 0 Å². The average Bonchev–Trinajstić information content (AvgIpc) is 2.77. The van der Waals surface area contributed by atoms with Crippen LogP contribution < -0.4 is 5.84 Å². The first-order valence-electron chi connectivity index (χ1n) is 9.55. The largest absolute Gasteiger partial charge is 0.433 e. The summed E-state index contributed by atoms with van der Waals surface area (Å²) in [6, 6.07) is 0.223. The molecule has 2 aliphatic rings. The number of hydrogen-bond donors (Lipinski definition) is 1. The monoisotopic (exact) mass is 401 g/mol. The molecule has 156 valence electrons. The van der Waals surface area contributed by atoms with Crippen LogP contribution in [0.4, 0.5) is 0 Å². The molecule has 0 aromatic carbocycles. The van der Waals surface area contributed by atoms with Crippen molar-refractivity contribution in [3.8, 4) is 0 Å². The van der Waals surface area contributed by atoms with E-state index < -0.39 is 31.8 Å². The van der Waals surface area contributed by atoms with E-state index >= 15 is 0 Å². The third kappa shape index (κ3) is 5.07. The van der Waals surface area contributed by atoms with Crippen LogP contribution in [0.3, 0.4) is 0 Å². The van der Waals surface area contributed by atoms with Gasteiger partial charge in [0.05, 0.1) is 17.6 Å². The maximum absolute atomic E-state index is 12.3. The molecule has 2 heterocycles. The molecule has 0 bridgehead atoms. The fourth-order valence-electron chi connectivity index (χ4n) is 3.45. The van der Waals surface area contributed by atoms with Crippen molar-refractivity contribution >= 4 is 14.0 Å². The summed E-state index contributed by atoms with van der Waals surface area (Å²) in [4.78, 5) is 12.3. The lowest BCUT2D eigenvalue weighted by Crippen LogP contribution is -2.57. The molecule has 0 aliphatic carbocycles. The standard InChI is InChI=1S/C18H35N3O5Si/c1-17(2,3)12-10-13(24-11-23-8-9-27(5,6)7)18(4)14(20-21-19)15(22)26-16(18)25-12/h12-14,16H,8-11H2,1-7H3,(H2,19,20)/t12-,13+,14-,16-,18+/m0/s1. The Labute approximate surface area is 163 Å². The van der Waals surface area contributed by atoms with Gasteiger partial charge in [-0.05, 0) is 18.4 Å². The molecule has 0 amide bonds. The number of fused-ring (bicyclic) bond motifs is 1. The van der Waals surface area contributed by atoms with Gasteiger partial charge in [0.2, 0.25) is 6.29 Å². The van der Waals surface area contributed by atoms with Gasteiger partial charge in [-0.25, -0.2) is 4.79 Å². The molecule has 0 unspecified atom stereocenters. The number of hydrogen-bond acceptors (Lipinski definition) is 7. The quantitative estimate of drug-likeness (QED) is 0.134. The zero-order valence-corrected chi connectivity index (χ0v) is 18.7. The van der Waals surface area contributed by atoms with Crippen LogP contribution >= 0.6 is 0 Å². The molecule has 0 aromatic rings. The number of carbonyl (C=O) groups excluding carboxylic acids is 1. The van der Waals surface area contributed by atoms with Crippen molar-refractivity contribution < 1.29 is 23.7 Å². The van der Waals surface area contributed by atoms with E-state index in [0.29, 0.717) is 13.0 Å². The fraction of sp³-hybridized carbons (Fsp3) is 0.944. The Morgan fingerprint density at radius 2 is 2.00 bits per heavy atom. The van der Waals surface area contributed by atoms with Crippen LogP contribution in [0.2, 0.25) is 25.7 Å². The summed E-state index contributed by atoms with van der Waals surface area (Å²) >= 11 is 0. The van der Waals surface area contributed by atoms with Gasteiger partial charge in [-0.2, -0.15) is 5.11 Å². The van der Waals surface area contributed by atoms with Crippen molar-refractivity contribution in [3.05, 3.63) is 0 Å². The summed E-state index contributed by atoms with van der Waals surface area (Å²) in [7, 11) is -1.16. The Balaban J connectivity index is 2.12. The number of esters is 1. The highest BCUT2D eigenvalue weighted by Gasteiger charge is 2.64. The van der Waals surface area contributed by atoms with Gasteiger partial charge in [-0.3, -0.25) is 0 Å². The van der Waals surface area contributed by atoms with Gasteiger partial charge in [0.15, 0.2) is 6.04 Å². The molecule has 8 nitrogen and oxygen atoms in total. The van der Waals surface area contributed by atoms with Crippen molar-refractivity contribution in [3.63, 3.8) is 0 Å². The van der Waals surface area contributed by atoms with E-state index in [1.165, 1.54) is 0 Å². The van der Waals surface area contributed by atoms with Gasteiger partial charge in [0.1, 0.15) is 6.79 Å². The third-order valence-electron chi connectivity index (χ3n) is 5.45. The van der Waals surface area contributed by atoms with Crippen molar-refractivity contribution in [2.75, 3.05) is 13.4 Å². The highest BCUT2D eigenvalue weighted by molar-refractivity contribution is 6.76. The topological polar surface area (TPSA) is 105 Å². The number of carbonyl (C=O) groups is 1. The van der Waals surface area contributed by atoms with Crippen molar-refractivity contribution in [1.29, 1.82) is 0 Å². The lowest BCUT2D eigenvalue weighted by Gasteiger charge is -2.47. The second kappa shape index (κ2) is 8.14. The van der Waals surface area contributed by atoms with Crippen LogP contribution in [-0.2, 0) is 23.7 Å². The van der Waals surface area contributed by atoms with E-state index in [2.05, 4.69) is 50.7 Å². The van der Waals surface area contributed by atoms with Gasteiger partial charge in [-0.1, -0.05) is 45.6 Å². The van der Waals surface area contributed by atoms with E-state index in [1.807, 2.05) is 6.92 Å². The molecule has 2 aliphatic heterocycles. The number of nitrogens with zero attached hydrogens (tertiary/aromatic N) is 2. The predicted octanol–water partition coefficient (Wildman–Crippen LogP) is 3.10. The van der Waals surface area contributed by atoms with Gasteiger partial charge in [0, 0.05) is 21.1 Å². The molecular formula is C18H35N3O5Si. The smallest absolute Gasteiger partial charge is 0.336 e. The van der Waals surface area contributed by atoms with Crippen LogP contribution in [0, 0.1) is 10.8 Å². The Bertz CT molecular complexity index is 560. The molecule has 9 heteroatoms. The molecule has 27 heavy (non-hydrogen) atoms. The molecule has 0 radical (unpaired) electrons. The highest BCUT2D eigenvalue weighted by atomic mass is 28.3. The first kappa shape index (κ1) is 22.3. The summed E-state index contributed by atoms with van der Waals surface area (Å²) < 4.78 is 23.4. The molecule has 0 saturated carbocycles. The zero-order chi connectivity index (χ0) is 20.5. The molecular weight excluding hydrogens is 366 g/mol. The van der Waals surface area contributed by atoms with Gasteiger partial charge < -0.3 is 24.8 Å². The van der Waals surface area contributed by atoms with Crippen molar-refractivity contribution in [2.45, 2.75) is 84.3 Å². The number of rotatable bonds is 7. The van der Waals surface area contributed by atoms with Gasteiger partial charge >= 0.3 is 5.97 Å². The first-order valence-corrected chi connectivity index (χ1v) is 13.3. The summed E-state index contributed by atoms with van der Waals surface area (Å²) in [5, 5.41) is 7.24. The minimum absolute atomic E-state index is 0.121. The van der Waals surface area contributed by atoms with Gasteiger partial charge in [-0.15, -0.1) is 0 Å². The number of ether oxygens (including phenoxy) is 4. The van der Waals surface area contributed by atoms with Crippen LogP contribution in [0.15, 0.2) is 10.3 Å². The predicted molar refractivity (Wildman–Crippen MR) is 104 cm³/mol. The molecule has 5 atom stereocenters. The second-order valence-electron chi connectivity index (χ2n) is 9.99. The lowest BCUT2D eigenvalue weighted by molar-refractivity contribution is -0.278. The highest BCUT2D eigenvalue weighted by Crippen LogP contribution is 2.50. The summed E-state index contributed by atoms with van der Waals surface area (Å²) in [5.41, 5.74) is -0.925. The SMILES string of the molecule is CC(C)(C)[C@@H]1C[C@@H](OCOCC[Si](C)(C)C)[C@@]2(C)[C@H](OC(=O)[C@@H]2N=NN)O1. The third-order valence-corrected chi connectivity index (χ3v) is 7.15. The average molecular weight is 402 g/mol. The van der Waals surface area contributed by atoms with Crippen LogP contribution in [0.5, 0.6) is 0 Å². The summed E-state index contributed by atoms with van der Waals surface area (Å²) in [5.74, 6) is 4.74. The minimum atomic E-state index is -1.16. The van der Waals surface area contributed by atoms with Crippen LogP contribution in [0.25, 0.3) is 0 Å². The van der Waals surface area contributed by atoms with E-state index in [1.54, 1.807) is 0 Å². The molecule has 2 rings (SSSR count). The maximum Gasteiger partial charge on any atom is 0.336 e. The summed E-state index contributed by atoms with van der Waals surface area (Å²) in [6.07, 6.45) is -0.579. The van der Waals surface area contributed by atoms with Crippen molar-refractivity contribution in [2.24, 2.45) is 27.0 Å². The van der Waals surface area contributed by atoms with E-state index in [-0.39, 0.29) is 24.4 Å². The van der Waals surface area contributed by atoms with E-state index in [0.717, 1.165) is 6.04 Å². The van der Waals surface area contributed by atoms with E-state index in [9.17, 15) is 4.79 Å². The van der Waals surface area contributed by atoms with E-state index in [4.69, 9.17) is 24.8 Å². The molecule has 0 aromatic heterocycles. The maximum atomic E-state index is 12.3. The Hall–Kier alpha value is -1.03. The lowest BCUT2D eigenvalue weighted by atomic mass is 9.71. The minimum Gasteiger partial charge on any atom is -0.433 e. The second-order valence-corrected chi connectivity index (χ2v) is 15.6. The van der Waals surface area contributed by atoms with Crippen LogP contribution in [-0.4, -0.2) is 52.0 Å². The Morgan fingerprint density at radius 1 is 1.33 bits per heavy atom. The summed E-state index contributed by atoms with van der Waals surface area (Å²) in [6.45, 7) is 15.9. The Morgan fingerprint density at radius 3 is 2.56 bits per heavy atom. The van der Waals surface area contributed by atoms with Gasteiger partial charge in [0.25, 0.3) is 0 Å². The first-order chi connectivity index (χ1) is 12.4. The Kier molecular flexibility index (Phi) is 6.71. The molecule has 2 saturated heterocycles. The molecule has 2 fully saturated rings. The fourth-order valence-corrected chi connectivity index (χ4v) is 4.20.